The van der Waals surface area contributed by atoms with E-state index in [1.165, 1.54) is 18.5 Å². The lowest BCUT2D eigenvalue weighted by Crippen LogP contribution is -2.12. The van der Waals surface area contributed by atoms with Crippen molar-refractivity contribution in [3.05, 3.63) is 22.8 Å². The second-order valence-electron chi connectivity index (χ2n) is 2.50. The van der Waals surface area contributed by atoms with Crippen molar-refractivity contribution in [2.75, 3.05) is 4.72 Å². The maximum atomic E-state index is 11.7. The Hall–Kier alpha value is -1.12. The Balaban J connectivity index is 2.28. The first kappa shape index (κ1) is 10.4. The molecule has 0 saturated heterocycles. The molecule has 0 bridgehead atoms. The van der Waals surface area contributed by atoms with Crippen LogP contribution in [0.15, 0.2) is 22.7 Å². The first-order valence-electron chi connectivity index (χ1n) is 3.71. The number of H-pyrrole nitrogens is 1. The Kier molecular flexibility index (Phi) is 2.63. The minimum Gasteiger partial charge on any atom is -0.247 e. The zero-order valence-electron chi connectivity index (χ0n) is 7.14. The molecule has 0 aromatic carbocycles. The van der Waals surface area contributed by atoms with Crippen molar-refractivity contribution in [3.8, 4) is 0 Å². The van der Waals surface area contributed by atoms with E-state index in [0.717, 1.165) is 11.3 Å². The fourth-order valence-corrected chi connectivity index (χ4v) is 3.32. The van der Waals surface area contributed by atoms with Gasteiger partial charge in [-0.2, -0.15) is 10.1 Å². The highest BCUT2D eigenvalue weighted by Crippen LogP contribution is 2.26. The number of anilines is 1. The lowest BCUT2D eigenvalue weighted by atomic mass is 10.7. The predicted molar refractivity (Wildman–Crippen MR) is 56.5 cm³/mol. The van der Waals surface area contributed by atoms with Gasteiger partial charge in [0.25, 0.3) is 10.0 Å². The van der Waals surface area contributed by atoms with Crippen molar-refractivity contribution in [2.45, 2.75) is 4.21 Å². The van der Waals surface area contributed by atoms with Crippen LogP contribution in [0, 0.1) is 0 Å². The van der Waals surface area contributed by atoms with Gasteiger partial charge in [-0.3, -0.25) is 0 Å². The van der Waals surface area contributed by atoms with Crippen LogP contribution in [-0.4, -0.2) is 23.6 Å². The van der Waals surface area contributed by atoms with Crippen LogP contribution in [0.2, 0.25) is 4.34 Å². The van der Waals surface area contributed by atoms with Crippen molar-refractivity contribution in [1.29, 1.82) is 0 Å². The number of nitrogens with one attached hydrogen (secondary N) is 2. The maximum Gasteiger partial charge on any atom is 0.273 e. The van der Waals surface area contributed by atoms with Crippen molar-refractivity contribution < 1.29 is 8.42 Å². The number of hydrogen-bond acceptors (Lipinski definition) is 5. The monoisotopic (exact) mass is 264 g/mol. The van der Waals surface area contributed by atoms with Gasteiger partial charge in [-0.05, 0) is 12.1 Å². The molecule has 2 rings (SSSR count). The van der Waals surface area contributed by atoms with Gasteiger partial charge in [0.1, 0.15) is 10.5 Å². The fraction of sp³-hybridized carbons (Fsp3) is 0. The molecule has 0 aliphatic rings. The van der Waals surface area contributed by atoms with E-state index in [1.807, 2.05) is 0 Å². The van der Waals surface area contributed by atoms with E-state index in [-0.39, 0.29) is 10.2 Å². The van der Waals surface area contributed by atoms with Gasteiger partial charge in [0.2, 0.25) is 5.95 Å². The van der Waals surface area contributed by atoms with Crippen LogP contribution in [0.25, 0.3) is 0 Å². The standard InChI is InChI=1S/C6H5ClN4O2S2/c7-4-1-2-5(14-4)15(12,13)11-6-8-3-9-10-6/h1-3H,(H2,8,9,10,11). The van der Waals surface area contributed by atoms with E-state index < -0.39 is 10.0 Å². The third kappa shape index (κ3) is 2.28. The van der Waals surface area contributed by atoms with Crippen LogP contribution in [0.5, 0.6) is 0 Å². The predicted octanol–water partition coefficient (Wildman–Crippen LogP) is 1.32. The average Bonchev–Trinajstić information content (AvgIpc) is 2.75. The largest absolute Gasteiger partial charge is 0.273 e. The summed E-state index contributed by atoms with van der Waals surface area (Å²) in [4.78, 5) is 3.65. The number of sulfonamides is 1. The van der Waals surface area contributed by atoms with Crippen LogP contribution >= 0.6 is 22.9 Å². The van der Waals surface area contributed by atoms with Crippen LogP contribution in [0.3, 0.4) is 0 Å². The molecule has 2 aromatic heterocycles. The topological polar surface area (TPSA) is 87.7 Å². The molecule has 0 aliphatic heterocycles. The number of hydrogen-bond donors (Lipinski definition) is 2. The average molecular weight is 265 g/mol. The summed E-state index contributed by atoms with van der Waals surface area (Å²) in [7, 11) is -3.61. The molecule has 80 valence electrons. The SMILES string of the molecule is O=S(=O)(Nc1ncn[nH]1)c1ccc(Cl)s1. The Bertz CT molecular complexity index is 547. The number of thiophene rings is 1. The maximum absolute atomic E-state index is 11.7. The molecule has 2 heterocycles. The summed E-state index contributed by atoms with van der Waals surface area (Å²) in [6.45, 7) is 0. The molecule has 0 fully saturated rings. The van der Waals surface area contributed by atoms with Crippen molar-refractivity contribution in [2.24, 2.45) is 0 Å². The van der Waals surface area contributed by atoms with Gasteiger partial charge in [0, 0.05) is 0 Å². The molecule has 15 heavy (non-hydrogen) atoms. The molecule has 2 N–H and O–H groups in total. The summed E-state index contributed by atoms with van der Waals surface area (Å²) in [5, 5.41) is 5.91. The highest BCUT2D eigenvalue weighted by atomic mass is 35.5. The van der Waals surface area contributed by atoms with Crippen molar-refractivity contribution in [3.63, 3.8) is 0 Å². The molecule has 2 aromatic rings. The van der Waals surface area contributed by atoms with Crippen LogP contribution in [0.4, 0.5) is 5.95 Å². The Morgan fingerprint density at radius 1 is 1.47 bits per heavy atom. The molecule has 0 amide bonds. The lowest BCUT2D eigenvalue weighted by Gasteiger charge is -2.00. The number of nitrogens with zero attached hydrogens (tertiary/aromatic N) is 2. The molecule has 0 unspecified atom stereocenters. The highest BCUT2D eigenvalue weighted by Gasteiger charge is 2.17. The van der Waals surface area contributed by atoms with Crippen LogP contribution < -0.4 is 4.72 Å². The third-order valence-corrected chi connectivity index (χ3v) is 4.52. The van der Waals surface area contributed by atoms with Crippen molar-refractivity contribution in [1.82, 2.24) is 15.2 Å². The number of aromatic nitrogens is 3. The third-order valence-electron chi connectivity index (χ3n) is 1.46. The summed E-state index contributed by atoms with van der Waals surface area (Å²) in [6.07, 6.45) is 1.21. The Labute approximate surface area is 94.4 Å². The van der Waals surface area contributed by atoms with Crippen LogP contribution in [-0.2, 0) is 10.0 Å². The highest BCUT2D eigenvalue weighted by molar-refractivity contribution is 7.94. The molecule has 0 saturated carbocycles. The van der Waals surface area contributed by atoms with E-state index in [4.69, 9.17) is 11.6 Å². The minimum absolute atomic E-state index is 0.0690. The van der Waals surface area contributed by atoms with Gasteiger partial charge >= 0.3 is 0 Å². The molecule has 9 heteroatoms. The quantitative estimate of drug-likeness (QED) is 0.875. The summed E-state index contributed by atoms with van der Waals surface area (Å²) in [6, 6.07) is 2.94. The summed E-state index contributed by atoms with van der Waals surface area (Å²) < 4.78 is 26.1. The molecule has 0 spiro atoms. The van der Waals surface area contributed by atoms with E-state index in [2.05, 4.69) is 19.9 Å². The fourth-order valence-electron chi connectivity index (χ4n) is 0.874. The first-order chi connectivity index (χ1) is 7.08. The molecular formula is C6H5ClN4O2S2. The van der Waals surface area contributed by atoms with E-state index in [1.54, 1.807) is 0 Å². The van der Waals surface area contributed by atoms with Crippen LogP contribution in [0.1, 0.15) is 0 Å². The second-order valence-corrected chi connectivity index (χ2v) is 6.12. The number of rotatable bonds is 3. The Morgan fingerprint density at radius 2 is 2.27 bits per heavy atom. The van der Waals surface area contributed by atoms with Gasteiger partial charge < -0.3 is 0 Å². The number of aromatic amines is 1. The first-order valence-corrected chi connectivity index (χ1v) is 6.39. The second kappa shape index (κ2) is 3.80. The molecule has 6 nitrogen and oxygen atoms in total. The van der Waals surface area contributed by atoms with Gasteiger partial charge in [-0.25, -0.2) is 18.2 Å². The molecule has 0 atom stereocenters. The van der Waals surface area contributed by atoms with Gasteiger partial charge in [0.05, 0.1) is 4.34 Å². The smallest absolute Gasteiger partial charge is 0.247 e. The zero-order chi connectivity index (χ0) is 10.9. The summed E-state index contributed by atoms with van der Waals surface area (Å²) in [5.41, 5.74) is 0. The zero-order valence-corrected chi connectivity index (χ0v) is 9.53. The minimum atomic E-state index is -3.61. The van der Waals surface area contributed by atoms with Crippen molar-refractivity contribution >= 4 is 38.9 Å². The number of halogens is 1. The summed E-state index contributed by atoms with van der Waals surface area (Å²) in [5.74, 6) is 0.0690. The van der Waals surface area contributed by atoms with Gasteiger partial charge in [-0.1, -0.05) is 11.6 Å². The molecule has 0 aliphatic carbocycles. The van der Waals surface area contributed by atoms with E-state index in [9.17, 15) is 8.42 Å². The van der Waals surface area contributed by atoms with E-state index >= 15 is 0 Å². The normalized spacial score (nSPS) is 11.5. The molecular weight excluding hydrogens is 260 g/mol. The lowest BCUT2D eigenvalue weighted by molar-refractivity contribution is 0.603. The van der Waals surface area contributed by atoms with Gasteiger partial charge in [0.15, 0.2) is 0 Å². The van der Waals surface area contributed by atoms with E-state index in [0.29, 0.717) is 4.34 Å². The Morgan fingerprint density at radius 3 is 2.80 bits per heavy atom. The molecule has 0 radical (unpaired) electrons. The van der Waals surface area contributed by atoms with Gasteiger partial charge in [-0.15, -0.1) is 11.3 Å². The summed E-state index contributed by atoms with van der Waals surface area (Å²) >= 11 is 6.61.